The molecule has 1 fully saturated rings. The van der Waals surface area contributed by atoms with Crippen LogP contribution in [0.4, 0.5) is 0 Å². The van der Waals surface area contributed by atoms with E-state index < -0.39 is 0 Å². The Kier molecular flexibility index (Phi) is 2.63. The fourth-order valence-corrected chi connectivity index (χ4v) is 0.773. The van der Waals surface area contributed by atoms with Crippen LogP contribution in [-0.4, -0.2) is 12.7 Å². The van der Waals surface area contributed by atoms with Crippen molar-refractivity contribution in [3.63, 3.8) is 0 Å². The molecule has 2 heteroatoms. The Morgan fingerprint density at radius 2 is 2.38 bits per heavy atom. The van der Waals surface area contributed by atoms with Gasteiger partial charge < -0.3 is 11.2 Å². The molecular weight excluding hydrogens is 355 g/mol. The van der Waals surface area contributed by atoms with E-state index in [4.69, 9.17) is 4.74 Å². The number of hydrogen-bond acceptors (Lipinski definition) is 1. The molecular formula is C6H11ORf-. The molecule has 0 radical (unpaired) electrons. The topological polar surface area (TPSA) is 9.23 Å². The third-order valence-electron chi connectivity index (χ3n) is 1.23. The van der Waals surface area contributed by atoms with E-state index in [0.717, 1.165) is 6.61 Å². The maximum atomic E-state index is 5.22. The van der Waals surface area contributed by atoms with Crippen LogP contribution in [0.2, 0.25) is 0 Å². The van der Waals surface area contributed by atoms with Crippen LogP contribution in [0.1, 0.15) is 19.8 Å². The molecule has 1 atom stereocenters. The van der Waals surface area contributed by atoms with E-state index in [-0.39, 0.29) is 0 Å². The van der Waals surface area contributed by atoms with E-state index in [2.05, 4.69) is 13.3 Å². The molecule has 1 saturated heterocycles. The van der Waals surface area contributed by atoms with Gasteiger partial charge in [-0.1, -0.05) is 19.4 Å². The van der Waals surface area contributed by atoms with Crippen LogP contribution in [-0.2, 0) is 4.74 Å². The minimum atomic E-state index is 0. The second kappa shape index (κ2) is 3.03. The van der Waals surface area contributed by atoms with Crippen molar-refractivity contribution < 1.29 is 4.74 Å². The Morgan fingerprint density at radius 3 is 2.62 bits per heavy atom. The third kappa shape index (κ3) is 1.61. The van der Waals surface area contributed by atoms with Gasteiger partial charge in [-0.2, -0.15) is 6.42 Å². The average molecular weight is 366 g/mol. The summed E-state index contributed by atoms with van der Waals surface area (Å²) in [5, 5.41) is 0. The first-order chi connectivity index (χ1) is 3.39. The summed E-state index contributed by atoms with van der Waals surface area (Å²) in [5.74, 6) is 0. The summed E-state index contributed by atoms with van der Waals surface area (Å²) >= 11 is 0. The molecule has 8 heavy (non-hydrogen) atoms. The van der Waals surface area contributed by atoms with Crippen LogP contribution >= 0.6 is 0 Å². The van der Waals surface area contributed by atoms with Gasteiger partial charge in [0.2, 0.25) is 0 Å². The van der Waals surface area contributed by atoms with E-state index >= 15 is 0 Å². The van der Waals surface area contributed by atoms with Gasteiger partial charge in [0.05, 0.1) is 0 Å². The Labute approximate surface area is 44.7 Å². The third-order valence-corrected chi connectivity index (χ3v) is 1.23. The van der Waals surface area contributed by atoms with Crippen molar-refractivity contribution in [3.05, 3.63) is 6.42 Å². The van der Waals surface area contributed by atoms with Gasteiger partial charge in [0.15, 0.2) is 0 Å². The van der Waals surface area contributed by atoms with Gasteiger partial charge in [0, 0.05) is 6.61 Å². The minimum Gasteiger partial charge on any atom is -0.410 e. The molecule has 1 nitrogen and oxygen atoms in total. The molecule has 0 spiro atoms. The zero-order valence-corrected chi connectivity index (χ0v) is 11.8. The fraction of sp³-hybridized carbons (Fsp3) is 0.833. The monoisotopic (exact) mass is 366 g/mol. The number of hydrogen-bond donors (Lipinski definition) is 0. The molecule has 0 bridgehead atoms. The number of ether oxygens (including phenoxy) is 1. The summed E-state index contributed by atoms with van der Waals surface area (Å²) in [6.07, 6.45) is 5.07. The standard InChI is InChI=1S/C6H11O.Rf/c1-6-4-2-3-5-7-6;/h4,6H,2-3,5H2,1H3;/q-1;. The maximum absolute atomic E-state index is 5.22. The summed E-state index contributed by atoms with van der Waals surface area (Å²) in [6, 6.07) is 0. The first-order valence-corrected chi connectivity index (χ1v) is 2.84. The molecule has 0 aromatic carbocycles. The van der Waals surface area contributed by atoms with E-state index in [9.17, 15) is 0 Å². The first-order valence-electron chi connectivity index (χ1n) is 2.84. The van der Waals surface area contributed by atoms with Gasteiger partial charge in [-0.3, -0.25) is 0 Å². The van der Waals surface area contributed by atoms with Crippen molar-refractivity contribution in [2.75, 3.05) is 6.61 Å². The second-order valence-corrected chi connectivity index (χ2v) is 1.95. The van der Waals surface area contributed by atoms with Crippen LogP contribution in [0.3, 0.4) is 0 Å². The maximum Gasteiger partial charge on any atom is 0.0409 e. The molecule has 0 saturated carbocycles. The predicted molar refractivity (Wildman–Crippen MR) is 28.9 cm³/mol. The minimum absolute atomic E-state index is 0. The van der Waals surface area contributed by atoms with Crippen molar-refractivity contribution in [2.45, 2.75) is 25.9 Å². The zero-order valence-electron chi connectivity index (χ0n) is 5.39. The van der Waals surface area contributed by atoms with Crippen LogP contribution in [0.5, 0.6) is 0 Å². The molecule has 1 heterocycles. The summed E-state index contributed by atoms with van der Waals surface area (Å²) in [6.45, 7) is 3.04. The van der Waals surface area contributed by atoms with Crippen molar-refractivity contribution in [1.82, 2.24) is 0 Å². The largest absolute Gasteiger partial charge is 0.410 e. The van der Waals surface area contributed by atoms with Crippen molar-refractivity contribution in [2.24, 2.45) is 0 Å². The molecule has 0 amide bonds. The van der Waals surface area contributed by atoms with E-state index in [1.807, 2.05) is 0 Å². The van der Waals surface area contributed by atoms with Gasteiger partial charge in [0.1, 0.15) is 0 Å². The zero-order chi connectivity index (χ0) is 5.11. The molecule has 1 unspecified atom stereocenters. The smallest absolute Gasteiger partial charge is 0.0409 e. The van der Waals surface area contributed by atoms with E-state index in [1.54, 1.807) is 0 Å². The SMILES string of the molecule is CC1[CH-]CCCO1.[Rf]. The van der Waals surface area contributed by atoms with Gasteiger partial charge in [-0.25, -0.2) is 0 Å². The molecule has 0 aromatic rings. The Hall–Kier alpha value is -1.04. The average Bonchev–Trinajstić information content (AvgIpc) is 1.69. The van der Waals surface area contributed by atoms with Gasteiger partial charge >= 0.3 is 0 Å². The molecule has 0 aromatic heterocycles. The molecule has 0 aliphatic carbocycles. The van der Waals surface area contributed by atoms with Crippen LogP contribution in [0.25, 0.3) is 0 Å². The Balaban J connectivity index is 0.000000490. The van der Waals surface area contributed by atoms with Gasteiger partial charge in [-0.15, -0.1) is 0 Å². The summed E-state index contributed by atoms with van der Waals surface area (Å²) < 4.78 is 5.22. The number of rotatable bonds is 0. The van der Waals surface area contributed by atoms with Crippen LogP contribution < -0.4 is 0 Å². The molecule has 1 aliphatic heterocycles. The van der Waals surface area contributed by atoms with Crippen LogP contribution in [0, 0.1) is 6.42 Å². The summed E-state index contributed by atoms with van der Waals surface area (Å²) in [5.41, 5.74) is 0. The van der Waals surface area contributed by atoms with Crippen molar-refractivity contribution in [3.8, 4) is 0 Å². The quantitative estimate of drug-likeness (QED) is 0.589. The molecule has 1 rings (SSSR count). The molecule has 44 valence electrons. The summed E-state index contributed by atoms with van der Waals surface area (Å²) in [4.78, 5) is 0. The van der Waals surface area contributed by atoms with Crippen molar-refractivity contribution >= 4 is 0 Å². The molecule has 0 N–H and O–H groups in total. The van der Waals surface area contributed by atoms with Gasteiger partial charge in [0.25, 0.3) is 0 Å². The van der Waals surface area contributed by atoms with E-state index in [1.165, 1.54) is 12.8 Å². The van der Waals surface area contributed by atoms with Gasteiger partial charge in [-0.05, 0) is 0 Å². The fourth-order valence-electron chi connectivity index (χ4n) is 0.773. The normalized spacial score (nSPS) is 28.9. The first kappa shape index (κ1) is 6.96. The summed E-state index contributed by atoms with van der Waals surface area (Å²) in [7, 11) is 0. The molecule has 1 aliphatic rings. The predicted octanol–water partition coefficient (Wildman–Crippen LogP) is 1.39. The van der Waals surface area contributed by atoms with E-state index in [0.29, 0.717) is 6.10 Å². The van der Waals surface area contributed by atoms with Crippen molar-refractivity contribution in [1.29, 1.82) is 0 Å². The Bertz CT molecular complexity index is 50.5. The van der Waals surface area contributed by atoms with Crippen LogP contribution in [0.15, 0.2) is 0 Å². The second-order valence-electron chi connectivity index (χ2n) is 1.95. The Morgan fingerprint density at radius 1 is 1.62 bits per heavy atom.